The van der Waals surface area contributed by atoms with Gasteiger partial charge in [-0.2, -0.15) is 0 Å². The number of imide groups is 1. The second kappa shape index (κ2) is 6.93. The summed E-state index contributed by atoms with van der Waals surface area (Å²) in [5, 5.41) is 15.2. The fraction of sp³-hybridized carbons (Fsp3) is 0.222. The third-order valence-corrected chi connectivity index (χ3v) is 4.01. The summed E-state index contributed by atoms with van der Waals surface area (Å²) >= 11 is 0. The molecular weight excluding hydrogens is 336 g/mol. The molecule has 0 saturated carbocycles. The van der Waals surface area contributed by atoms with E-state index in [0.717, 1.165) is 4.90 Å². The Morgan fingerprint density at radius 3 is 2.69 bits per heavy atom. The van der Waals surface area contributed by atoms with Crippen molar-refractivity contribution in [3.05, 3.63) is 59.9 Å². The number of anilines is 1. The number of hydrogen-bond acceptors (Lipinski definition) is 5. The van der Waals surface area contributed by atoms with E-state index in [1.807, 2.05) is 0 Å². The van der Waals surface area contributed by atoms with Crippen LogP contribution in [0.15, 0.2) is 48.8 Å². The van der Waals surface area contributed by atoms with Gasteiger partial charge in [0.05, 0.1) is 18.7 Å². The number of benzene rings is 1. The minimum Gasteiger partial charge on any atom is -0.378 e. The maximum atomic E-state index is 12.2. The summed E-state index contributed by atoms with van der Waals surface area (Å²) in [7, 11) is 0. The van der Waals surface area contributed by atoms with E-state index in [-0.39, 0.29) is 19.0 Å². The molecular formula is C18H18N4O4. The Hall–Kier alpha value is -3.26. The number of pyridine rings is 1. The predicted molar refractivity (Wildman–Crippen MR) is 93.2 cm³/mol. The van der Waals surface area contributed by atoms with E-state index in [9.17, 15) is 19.5 Å². The van der Waals surface area contributed by atoms with Gasteiger partial charge in [0.15, 0.2) is 5.60 Å². The molecule has 0 radical (unpaired) electrons. The first-order valence-corrected chi connectivity index (χ1v) is 7.99. The zero-order valence-electron chi connectivity index (χ0n) is 14.1. The lowest BCUT2D eigenvalue weighted by Gasteiger charge is -2.35. The van der Waals surface area contributed by atoms with Crippen LogP contribution >= 0.6 is 0 Å². The highest BCUT2D eigenvalue weighted by Crippen LogP contribution is 2.18. The second-order valence-electron chi connectivity index (χ2n) is 6.22. The van der Waals surface area contributed by atoms with Crippen molar-refractivity contribution >= 4 is 23.5 Å². The van der Waals surface area contributed by atoms with Gasteiger partial charge in [-0.15, -0.1) is 0 Å². The zero-order valence-corrected chi connectivity index (χ0v) is 14.1. The summed E-state index contributed by atoms with van der Waals surface area (Å²) in [6, 6.07) is 9.53. The smallest absolute Gasteiger partial charge is 0.324 e. The fourth-order valence-corrected chi connectivity index (χ4v) is 2.52. The van der Waals surface area contributed by atoms with Crippen LogP contribution in [0.25, 0.3) is 0 Å². The third kappa shape index (κ3) is 3.70. The molecule has 8 nitrogen and oxygen atoms in total. The molecule has 1 aliphatic heterocycles. The number of hydrogen-bond donors (Lipinski definition) is 3. The molecule has 0 spiro atoms. The molecule has 0 aliphatic carbocycles. The first-order chi connectivity index (χ1) is 12.4. The number of β-amino-alcohol motifs (C(OH)–C–C–N with tert-alkyl or cyclic N) is 1. The molecule has 26 heavy (non-hydrogen) atoms. The highest BCUT2D eigenvalue weighted by atomic mass is 16.3. The van der Waals surface area contributed by atoms with E-state index in [4.69, 9.17) is 0 Å². The minimum absolute atomic E-state index is 0.0254. The lowest BCUT2D eigenvalue weighted by Crippen LogP contribution is -2.62. The molecule has 1 unspecified atom stereocenters. The van der Waals surface area contributed by atoms with Gasteiger partial charge in [-0.25, -0.2) is 4.79 Å². The molecule has 1 fully saturated rings. The molecule has 3 N–H and O–H groups in total. The highest BCUT2D eigenvalue weighted by Gasteiger charge is 2.42. The van der Waals surface area contributed by atoms with Crippen LogP contribution in [-0.2, 0) is 11.3 Å². The van der Waals surface area contributed by atoms with Crippen LogP contribution in [0.5, 0.6) is 0 Å². The number of rotatable bonds is 4. The van der Waals surface area contributed by atoms with Crippen LogP contribution in [0.4, 0.5) is 10.5 Å². The number of aliphatic hydroxyl groups is 1. The number of urea groups is 1. The molecule has 8 heteroatoms. The summed E-state index contributed by atoms with van der Waals surface area (Å²) < 4.78 is 0. The Morgan fingerprint density at radius 2 is 2.04 bits per heavy atom. The van der Waals surface area contributed by atoms with Crippen molar-refractivity contribution in [2.24, 2.45) is 0 Å². The summed E-state index contributed by atoms with van der Waals surface area (Å²) in [6.45, 7) is 1.27. The van der Waals surface area contributed by atoms with Gasteiger partial charge >= 0.3 is 6.03 Å². The van der Waals surface area contributed by atoms with Crippen molar-refractivity contribution in [2.45, 2.75) is 19.1 Å². The average Bonchev–Trinajstić information content (AvgIpc) is 2.64. The Bertz CT molecular complexity index is 834. The van der Waals surface area contributed by atoms with Gasteiger partial charge in [0.1, 0.15) is 0 Å². The second-order valence-corrected chi connectivity index (χ2v) is 6.22. The van der Waals surface area contributed by atoms with E-state index >= 15 is 0 Å². The van der Waals surface area contributed by atoms with Crippen molar-refractivity contribution in [3.63, 3.8) is 0 Å². The monoisotopic (exact) mass is 354 g/mol. The van der Waals surface area contributed by atoms with E-state index < -0.39 is 17.5 Å². The van der Waals surface area contributed by atoms with Gasteiger partial charge in [-0.05, 0) is 36.8 Å². The molecule has 0 bridgehead atoms. The van der Waals surface area contributed by atoms with Crippen LogP contribution in [0.3, 0.4) is 0 Å². The van der Waals surface area contributed by atoms with Crippen molar-refractivity contribution in [1.82, 2.24) is 15.2 Å². The van der Waals surface area contributed by atoms with Crippen molar-refractivity contribution in [3.8, 4) is 0 Å². The van der Waals surface area contributed by atoms with E-state index in [0.29, 0.717) is 16.8 Å². The normalized spacial score (nSPS) is 19.8. The van der Waals surface area contributed by atoms with Crippen molar-refractivity contribution in [2.75, 3.05) is 11.9 Å². The molecule has 1 aliphatic rings. The molecule has 1 aromatic heterocycles. The molecule has 1 aromatic carbocycles. The Morgan fingerprint density at radius 1 is 1.31 bits per heavy atom. The van der Waals surface area contributed by atoms with Gasteiger partial charge in [-0.1, -0.05) is 12.1 Å². The molecule has 3 rings (SSSR count). The van der Waals surface area contributed by atoms with Crippen molar-refractivity contribution < 1.29 is 19.5 Å². The van der Waals surface area contributed by atoms with Gasteiger partial charge in [0.2, 0.25) is 0 Å². The van der Waals surface area contributed by atoms with E-state index in [1.54, 1.807) is 42.6 Å². The van der Waals surface area contributed by atoms with Gasteiger partial charge in [-0.3, -0.25) is 19.5 Å². The predicted octanol–water partition coefficient (Wildman–Crippen LogP) is 1.14. The van der Waals surface area contributed by atoms with Crippen LogP contribution in [-0.4, -0.2) is 45.0 Å². The fourth-order valence-electron chi connectivity index (χ4n) is 2.52. The van der Waals surface area contributed by atoms with Crippen LogP contribution in [0, 0.1) is 0 Å². The molecule has 2 aromatic rings. The lowest BCUT2D eigenvalue weighted by atomic mass is 10.0. The quantitative estimate of drug-likeness (QED) is 0.762. The van der Waals surface area contributed by atoms with Gasteiger partial charge < -0.3 is 15.7 Å². The van der Waals surface area contributed by atoms with Gasteiger partial charge in [0, 0.05) is 18.1 Å². The van der Waals surface area contributed by atoms with Crippen LogP contribution < -0.4 is 10.6 Å². The van der Waals surface area contributed by atoms with Gasteiger partial charge in [0.25, 0.3) is 11.8 Å². The van der Waals surface area contributed by atoms with E-state index in [1.165, 1.54) is 13.1 Å². The SMILES string of the molecule is CC1(O)CNC(=O)N(Cc2ccc(NC(=O)c3cccnc3)cc2)C1=O. The van der Waals surface area contributed by atoms with Crippen molar-refractivity contribution in [1.29, 1.82) is 0 Å². The molecule has 2 heterocycles. The zero-order chi connectivity index (χ0) is 18.7. The lowest BCUT2D eigenvalue weighted by molar-refractivity contribution is -0.148. The third-order valence-electron chi connectivity index (χ3n) is 4.01. The number of aromatic nitrogens is 1. The van der Waals surface area contributed by atoms with E-state index in [2.05, 4.69) is 15.6 Å². The number of amides is 4. The average molecular weight is 354 g/mol. The summed E-state index contributed by atoms with van der Waals surface area (Å²) in [5.41, 5.74) is 0.0786. The standard InChI is InChI=1S/C18H18N4O4/c1-18(26)11-20-17(25)22(16(18)24)10-12-4-6-14(7-5-12)21-15(23)13-3-2-8-19-9-13/h2-9,26H,10-11H2,1H3,(H,20,25)(H,21,23). The summed E-state index contributed by atoms with van der Waals surface area (Å²) in [5.74, 6) is -0.928. The number of nitrogens with zero attached hydrogens (tertiary/aromatic N) is 2. The number of carbonyl (C=O) groups is 3. The Kier molecular flexibility index (Phi) is 4.68. The summed E-state index contributed by atoms with van der Waals surface area (Å²) in [6.07, 6.45) is 3.05. The number of carbonyl (C=O) groups excluding carboxylic acids is 3. The first-order valence-electron chi connectivity index (χ1n) is 7.99. The molecule has 1 atom stereocenters. The molecule has 1 saturated heterocycles. The topological polar surface area (TPSA) is 112 Å². The minimum atomic E-state index is -1.62. The van der Waals surface area contributed by atoms with Crippen LogP contribution in [0.2, 0.25) is 0 Å². The summed E-state index contributed by atoms with van der Waals surface area (Å²) in [4.78, 5) is 41.0. The maximum Gasteiger partial charge on any atom is 0.324 e. The molecule has 134 valence electrons. The van der Waals surface area contributed by atoms with Crippen LogP contribution in [0.1, 0.15) is 22.8 Å². The highest BCUT2D eigenvalue weighted by molar-refractivity contribution is 6.04. The molecule has 4 amide bonds. The largest absolute Gasteiger partial charge is 0.378 e. The Balaban J connectivity index is 1.67. The maximum absolute atomic E-state index is 12.2. The Labute approximate surface area is 149 Å². The first kappa shape index (κ1) is 17.6. The number of nitrogens with one attached hydrogen (secondary N) is 2.